The molecule has 0 fully saturated rings. The van der Waals surface area contributed by atoms with Crippen LogP contribution in [0.3, 0.4) is 0 Å². The van der Waals surface area contributed by atoms with Gasteiger partial charge in [-0.2, -0.15) is 0 Å². The predicted molar refractivity (Wildman–Crippen MR) is 78.3 cm³/mol. The van der Waals surface area contributed by atoms with Gasteiger partial charge in [0.1, 0.15) is 5.54 Å². The Morgan fingerprint density at radius 1 is 1.11 bits per heavy atom. The van der Waals surface area contributed by atoms with E-state index in [1.807, 2.05) is 20.8 Å². The van der Waals surface area contributed by atoms with Gasteiger partial charge < -0.3 is 14.8 Å². The molecule has 0 rings (SSSR count). The molecular weight excluding hydrogens is 242 g/mol. The first-order chi connectivity index (χ1) is 9.10. The van der Waals surface area contributed by atoms with Crippen molar-refractivity contribution in [3.05, 3.63) is 0 Å². The molecular formula is C15H31NO3. The Morgan fingerprint density at radius 2 is 1.79 bits per heavy atom. The number of unbranched alkanes of at least 4 members (excludes halogenated alkanes) is 2. The number of ether oxygens (including phenoxy) is 2. The number of carbonyl (C=O) groups excluding carboxylic acids is 1. The van der Waals surface area contributed by atoms with Gasteiger partial charge in [-0.15, -0.1) is 0 Å². The molecule has 1 atom stereocenters. The fraction of sp³-hybridized carbons (Fsp3) is 0.933. The molecule has 0 aromatic carbocycles. The highest BCUT2D eigenvalue weighted by molar-refractivity contribution is 5.80. The largest absolute Gasteiger partial charge is 0.465 e. The maximum atomic E-state index is 11.9. The van der Waals surface area contributed by atoms with Crippen LogP contribution in [-0.4, -0.2) is 37.9 Å². The maximum Gasteiger partial charge on any atom is 0.326 e. The van der Waals surface area contributed by atoms with Gasteiger partial charge >= 0.3 is 5.97 Å². The zero-order chi connectivity index (χ0) is 14.6. The topological polar surface area (TPSA) is 47.6 Å². The molecule has 0 saturated carbocycles. The lowest BCUT2D eigenvalue weighted by Gasteiger charge is -2.28. The van der Waals surface area contributed by atoms with E-state index in [-0.39, 0.29) is 5.97 Å². The molecule has 0 spiro atoms. The van der Waals surface area contributed by atoms with Crippen molar-refractivity contribution >= 4 is 5.97 Å². The van der Waals surface area contributed by atoms with Crippen molar-refractivity contribution in [2.45, 2.75) is 65.3 Å². The summed E-state index contributed by atoms with van der Waals surface area (Å²) in [4.78, 5) is 11.9. The molecule has 0 aromatic rings. The third-order valence-corrected chi connectivity index (χ3v) is 3.15. The van der Waals surface area contributed by atoms with Gasteiger partial charge in [0.2, 0.25) is 0 Å². The summed E-state index contributed by atoms with van der Waals surface area (Å²) in [5.41, 5.74) is -0.586. The van der Waals surface area contributed by atoms with Gasteiger partial charge in [-0.1, -0.05) is 26.7 Å². The van der Waals surface area contributed by atoms with Crippen LogP contribution in [0.1, 0.15) is 59.8 Å². The van der Waals surface area contributed by atoms with Crippen LogP contribution in [-0.2, 0) is 14.3 Å². The summed E-state index contributed by atoms with van der Waals surface area (Å²) in [6, 6.07) is 0. The van der Waals surface area contributed by atoms with Gasteiger partial charge in [-0.25, -0.2) is 0 Å². The Morgan fingerprint density at radius 3 is 2.37 bits per heavy atom. The van der Waals surface area contributed by atoms with Crippen LogP contribution in [0.25, 0.3) is 0 Å². The molecule has 0 aliphatic carbocycles. The SMILES string of the molecule is CCCCCOCCCC(C)(NCC)C(=O)OCC. The fourth-order valence-corrected chi connectivity index (χ4v) is 2.03. The Labute approximate surface area is 118 Å². The molecule has 114 valence electrons. The van der Waals surface area contributed by atoms with Gasteiger partial charge in [-0.3, -0.25) is 4.79 Å². The molecule has 0 saturated heterocycles. The summed E-state index contributed by atoms with van der Waals surface area (Å²) in [6.45, 7) is 10.6. The summed E-state index contributed by atoms with van der Waals surface area (Å²) in [7, 11) is 0. The van der Waals surface area contributed by atoms with Crippen LogP contribution in [0.15, 0.2) is 0 Å². The van der Waals surface area contributed by atoms with Crippen molar-refractivity contribution in [2.75, 3.05) is 26.4 Å². The van der Waals surface area contributed by atoms with E-state index in [0.717, 1.165) is 32.4 Å². The lowest BCUT2D eigenvalue weighted by Crippen LogP contribution is -2.50. The van der Waals surface area contributed by atoms with Crippen LogP contribution in [0.5, 0.6) is 0 Å². The first-order valence-electron chi connectivity index (χ1n) is 7.60. The van der Waals surface area contributed by atoms with E-state index in [4.69, 9.17) is 9.47 Å². The first-order valence-corrected chi connectivity index (χ1v) is 7.60. The van der Waals surface area contributed by atoms with Crippen molar-refractivity contribution in [3.8, 4) is 0 Å². The third kappa shape index (κ3) is 8.22. The predicted octanol–water partition coefficient (Wildman–Crippen LogP) is 2.90. The van der Waals surface area contributed by atoms with E-state index in [1.165, 1.54) is 12.8 Å². The summed E-state index contributed by atoms with van der Waals surface area (Å²) < 4.78 is 10.7. The highest BCUT2D eigenvalue weighted by Crippen LogP contribution is 2.15. The van der Waals surface area contributed by atoms with E-state index in [1.54, 1.807) is 0 Å². The average Bonchev–Trinajstić information content (AvgIpc) is 2.38. The minimum atomic E-state index is -0.586. The highest BCUT2D eigenvalue weighted by atomic mass is 16.5. The zero-order valence-corrected chi connectivity index (χ0v) is 13.1. The molecule has 1 unspecified atom stereocenters. The highest BCUT2D eigenvalue weighted by Gasteiger charge is 2.32. The molecule has 4 heteroatoms. The standard InChI is InChI=1S/C15H31NO3/c1-5-8-9-12-18-13-10-11-15(4,16-6-2)14(17)19-7-3/h16H,5-13H2,1-4H3. The van der Waals surface area contributed by atoms with Crippen LogP contribution in [0.4, 0.5) is 0 Å². The van der Waals surface area contributed by atoms with Crippen molar-refractivity contribution < 1.29 is 14.3 Å². The molecule has 1 N–H and O–H groups in total. The second-order valence-electron chi connectivity index (χ2n) is 5.01. The smallest absolute Gasteiger partial charge is 0.326 e. The number of hydrogen-bond acceptors (Lipinski definition) is 4. The molecule has 0 aromatic heterocycles. The molecule has 0 radical (unpaired) electrons. The molecule has 0 amide bonds. The molecule has 0 bridgehead atoms. The van der Waals surface area contributed by atoms with Crippen molar-refractivity contribution in [3.63, 3.8) is 0 Å². The number of likely N-dealkylation sites (N-methyl/N-ethyl adjacent to an activating group) is 1. The Bertz CT molecular complexity index is 233. The van der Waals surface area contributed by atoms with Crippen LogP contribution in [0.2, 0.25) is 0 Å². The molecule has 0 aliphatic heterocycles. The van der Waals surface area contributed by atoms with E-state index in [9.17, 15) is 4.79 Å². The summed E-state index contributed by atoms with van der Waals surface area (Å²) in [5, 5.41) is 3.22. The minimum absolute atomic E-state index is 0.164. The van der Waals surface area contributed by atoms with Crippen LogP contribution < -0.4 is 5.32 Å². The van der Waals surface area contributed by atoms with Gasteiger partial charge in [-0.05, 0) is 39.7 Å². The minimum Gasteiger partial charge on any atom is -0.465 e. The normalized spacial score (nSPS) is 14.1. The van der Waals surface area contributed by atoms with Gasteiger partial charge in [0.15, 0.2) is 0 Å². The van der Waals surface area contributed by atoms with Crippen LogP contribution >= 0.6 is 0 Å². The van der Waals surface area contributed by atoms with Gasteiger partial charge in [0.05, 0.1) is 6.61 Å². The quantitative estimate of drug-likeness (QED) is 0.439. The second-order valence-corrected chi connectivity index (χ2v) is 5.01. The van der Waals surface area contributed by atoms with Crippen molar-refractivity contribution in [1.29, 1.82) is 0 Å². The lowest BCUT2D eigenvalue weighted by atomic mass is 9.96. The summed E-state index contributed by atoms with van der Waals surface area (Å²) in [6.07, 6.45) is 5.17. The molecule has 19 heavy (non-hydrogen) atoms. The zero-order valence-electron chi connectivity index (χ0n) is 13.1. The van der Waals surface area contributed by atoms with E-state index < -0.39 is 5.54 Å². The Hall–Kier alpha value is -0.610. The van der Waals surface area contributed by atoms with Crippen LogP contribution in [0, 0.1) is 0 Å². The monoisotopic (exact) mass is 273 g/mol. The summed E-state index contributed by atoms with van der Waals surface area (Å²) in [5.74, 6) is -0.164. The van der Waals surface area contributed by atoms with Crippen molar-refractivity contribution in [2.24, 2.45) is 0 Å². The summed E-state index contributed by atoms with van der Waals surface area (Å²) >= 11 is 0. The Kier molecular flexibility index (Phi) is 10.9. The average molecular weight is 273 g/mol. The van der Waals surface area contributed by atoms with Gasteiger partial charge in [0.25, 0.3) is 0 Å². The number of hydrogen-bond donors (Lipinski definition) is 1. The molecule has 4 nitrogen and oxygen atoms in total. The fourth-order valence-electron chi connectivity index (χ4n) is 2.03. The lowest BCUT2D eigenvalue weighted by molar-refractivity contribution is -0.151. The van der Waals surface area contributed by atoms with Crippen molar-refractivity contribution in [1.82, 2.24) is 5.32 Å². The number of carbonyl (C=O) groups is 1. The van der Waals surface area contributed by atoms with E-state index in [0.29, 0.717) is 13.2 Å². The van der Waals surface area contributed by atoms with E-state index >= 15 is 0 Å². The number of nitrogens with one attached hydrogen (secondary N) is 1. The molecule has 0 aliphatic rings. The maximum absolute atomic E-state index is 11.9. The molecule has 0 heterocycles. The van der Waals surface area contributed by atoms with Gasteiger partial charge in [0, 0.05) is 13.2 Å². The first kappa shape index (κ1) is 18.4. The number of rotatable bonds is 12. The Balaban J connectivity index is 3.90. The third-order valence-electron chi connectivity index (χ3n) is 3.15. The van der Waals surface area contributed by atoms with E-state index in [2.05, 4.69) is 12.2 Å². The second kappa shape index (κ2) is 11.2. The number of esters is 1.